The summed E-state index contributed by atoms with van der Waals surface area (Å²) in [6.07, 6.45) is 1.77. The number of hydrogen-bond donors (Lipinski definition) is 1. The number of aliphatic hydroxyl groups is 1. The van der Waals surface area contributed by atoms with E-state index in [1.54, 1.807) is 47.6 Å². The fraction of sp³-hybridized carbons (Fsp3) is 0.367. The molecule has 2 heterocycles. The van der Waals surface area contributed by atoms with Crippen molar-refractivity contribution in [1.29, 1.82) is 5.26 Å². The monoisotopic (exact) mass is 722 g/mol. The lowest BCUT2D eigenvalue weighted by Crippen LogP contribution is -3.00. The molecule has 13 heteroatoms. The zero-order chi connectivity index (χ0) is 30.6. The first kappa shape index (κ1) is 34.0. The van der Waals surface area contributed by atoms with Gasteiger partial charge < -0.3 is 38.7 Å². The number of nitrogens with zero attached hydrogens (tertiary/aromatic N) is 6. The average Bonchev–Trinajstić information content (AvgIpc) is 3.64. The molecule has 0 aliphatic carbocycles. The van der Waals surface area contributed by atoms with Gasteiger partial charge in [0, 0.05) is 47.0 Å². The molecule has 1 N–H and O–H groups in total. The molecule has 0 saturated carbocycles. The Hall–Kier alpha value is -3.48. The van der Waals surface area contributed by atoms with Crippen molar-refractivity contribution >= 4 is 17.4 Å². The van der Waals surface area contributed by atoms with Crippen molar-refractivity contribution in [3.63, 3.8) is 0 Å². The van der Waals surface area contributed by atoms with Crippen LogP contribution in [0.3, 0.4) is 0 Å². The van der Waals surface area contributed by atoms with Crippen molar-refractivity contribution < 1.29 is 52.0 Å². The third kappa shape index (κ3) is 7.54. The average molecular weight is 723 g/mol. The molecule has 0 spiro atoms. The van der Waals surface area contributed by atoms with Gasteiger partial charge in [-0.25, -0.2) is 18.6 Å². The molecule has 2 aromatic carbocycles. The minimum Gasteiger partial charge on any atom is -1.00 e. The molecule has 0 aliphatic rings. The van der Waals surface area contributed by atoms with Crippen molar-refractivity contribution in [2.45, 2.75) is 65.0 Å². The molecule has 228 valence electrons. The number of nitriles is 1. The van der Waals surface area contributed by atoms with E-state index < -0.39 is 35.5 Å². The summed E-state index contributed by atoms with van der Waals surface area (Å²) in [5.74, 6) is -2.26. The molecule has 9 nitrogen and oxygen atoms in total. The second-order valence-electron chi connectivity index (χ2n) is 10.3. The second-order valence-corrected chi connectivity index (χ2v) is 11.2. The molecule has 4 rings (SSSR count). The lowest BCUT2D eigenvalue weighted by atomic mass is 9.82. The van der Waals surface area contributed by atoms with Crippen LogP contribution in [0.1, 0.15) is 62.9 Å². The number of ether oxygens (including phenoxy) is 1. The Balaban J connectivity index is 0.00000506. The smallest absolute Gasteiger partial charge is 0.412 e. The van der Waals surface area contributed by atoms with Crippen LogP contribution < -0.4 is 28.5 Å². The van der Waals surface area contributed by atoms with Crippen LogP contribution in [0, 0.1) is 23.0 Å². The Kier molecular flexibility index (Phi) is 11.3. The van der Waals surface area contributed by atoms with Gasteiger partial charge in [-0.1, -0.05) is 19.1 Å². The molecule has 4 aromatic rings. The molecule has 0 saturated heterocycles. The number of benzene rings is 2. The molecule has 0 bridgehead atoms. The molecule has 1 amide bonds. The highest BCUT2D eigenvalue weighted by Crippen LogP contribution is 2.41. The largest absolute Gasteiger partial charge is 1.00 e. The molecule has 3 atom stereocenters. The SMILES string of the molecule is CCN(C(=O)OC(C)[n+]1cnn(C[C@](O)(c2cc(F)ccc2F)[C@@H](C)c2nc(-c3ccc(C#N)cc3)cs2)c1)C(C)C.[I-]. The maximum Gasteiger partial charge on any atom is 0.412 e. The van der Waals surface area contributed by atoms with E-state index >= 15 is 4.39 Å². The van der Waals surface area contributed by atoms with Gasteiger partial charge in [0.05, 0.1) is 22.3 Å². The first-order valence-electron chi connectivity index (χ1n) is 13.5. The Labute approximate surface area is 270 Å². The highest BCUT2D eigenvalue weighted by molar-refractivity contribution is 7.10. The lowest BCUT2D eigenvalue weighted by molar-refractivity contribution is -0.753. The second kappa shape index (κ2) is 14.3. The number of halogens is 3. The van der Waals surface area contributed by atoms with Crippen LogP contribution in [0.2, 0.25) is 0 Å². The normalized spacial score (nSPS) is 13.9. The Morgan fingerprint density at radius 1 is 1.21 bits per heavy atom. The molecule has 2 aromatic heterocycles. The summed E-state index contributed by atoms with van der Waals surface area (Å²) in [5.41, 5.74) is -0.279. The van der Waals surface area contributed by atoms with Crippen LogP contribution in [0.5, 0.6) is 0 Å². The summed E-state index contributed by atoms with van der Waals surface area (Å²) in [5, 5.41) is 27.8. The predicted octanol–water partition coefficient (Wildman–Crippen LogP) is 2.52. The van der Waals surface area contributed by atoms with Crippen LogP contribution in [0.4, 0.5) is 13.6 Å². The van der Waals surface area contributed by atoms with Gasteiger partial charge in [0.1, 0.15) is 23.8 Å². The van der Waals surface area contributed by atoms with E-state index in [4.69, 9.17) is 10.00 Å². The Morgan fingerprint density at radius 3 is 2.53 bits per heavy atom. The van der Waals surface area contributed by atoms with Crippen molar-refractivity contribution in [3.05, 3.63) is 88.3 Å². The Morgan fingerprint density at radius 2 is 1.91 bits per heavy atom. The zero-order valence-electron chi connectivity index (χ0n) is 24.4. The number of carbonyl (C=O) groups excluding carboxylic acids is 1. The minimum absolute atomic E-state index is 0. The maximum absolute atomic E-state index is 15.2. The predicted molar refractivity (Wildman–Crippen MR) is 152 cm³/mol. The molecule has 0 fully saturated rings. The van der Waals surface area contributed by atoms with E-state index in [2.05, 4.69) is 16.2 Å². The van der Waals surface area contributed by atoms with Gasteiger partial charge in [-0.05, 0) is 51.1 Å². The standard InChI is InChI=1S/C30H33F2N6O3S.HI/c1-6-38(19(2)3)29(39)41-21(5)36-17-34-37(18-36)16-30(40,25-13-24(31)11-12-26(25)32)20(4)28-35-27(15-42-28)23-9-7-22(14-33)8-10-23;/h7-13,15,17-21,40H,6,16H2,1-5H3;1H/q+1;/p-1/t20-,21?,30+;/m0./s1. The van der Waals surface area contributed by atoms with Gasteiger partial charge in [0.15, 0.2) is 0 Å². The van der Waals surface area contributed by atoms with Gasteiger partial charge >= 0.3 is 6.09 Å². The fourth-order valence-electron chi connectivity index (χ4n) is 4.66. The van der Waals surface area contributed by atoms with Crippen molar-refractivity contribution in [2.75, 3.05) is 6.54 Å². The van der Waals surface area contributed by atoms with Crippen molar-refractivity contribution in [2.24, 2.45) is 0 Å². The van der Waals surface area contributed by atoms with E-state index in [0.717, 1.165) is 23.8 Å². The van der Waals surface area contributed by atoms with Gasteiger partial charge in [-0.3, -0.25) is 0 Å². The first-order valence-corrected chi connectivity index (χ1v) is 14.4. The number of amides is 1. The van der Waals surface area contributed by atoms with Crippen LogP contribution in [-0.4, -0.2) is 43.5 Å². The van der Waals surface area contributed by atoms with Crippen LogP contribution >= 0.6 is 11.3 Å². The fourth-order valence-corrected chi connectivity index (χ4v) is 5.63. The molecule has 1 unspecified atom stereocenters. The number of aromatic nitrogens is 4. The number of hydrogen-bond acceptors (Lipinski definition) is 7. The summed E-state index contributed by atoms with van der Waals surface area (Å²) in [4.78, 5) is 18.9. The molecule has 0 aliphatic heterocycles. The topological polar surface area (TPSA) is 108 Å². The minimum atomic E-state index is -1.97. The van der Waals surface area contributed by atoms with Gasteiger partial charge in [-0.15, -0.1) is 16.0 Å². The van der Waals surface area contributed by atoms with Crippen molar-refractivity contribution in [3.8, 4) is 17.3 Å². The van der Waals surface area contributed by atoms with Gasteiger partial charge in [-0.2, -0.15) is 9.83 Å². The number of rotatable bonds is 10. The maximum atomic E-state index is 15.2. The van der Waals surface area contributed by atoms with Gasteiger partial charge in [0.2, 0.25) is 12.6 Å². The van der Waals surface area contributed by atoms with E-state index in [0.29, 0.717) is 22.8 Å². The first-order chi connectivity index (χ1) is 20.0. The quantitative estimate of drug-likeness (QED) is 0.199. The summed E-state index contributed by atoms with van der Waals surface area (Å²) in [7, 11) is 0. The molecular formula is C30H33F2IN6O3S. The van der Waals surface area contributed by atoms with E-state index in [9.17, 15) is 14.3 Å². The summed E-state index contributed by atoms with van der Waals surface area (Å²) in [6, 6.07) is 11.9. The highest BCUT2D eigenvalue weighted by Gasteiger charge is 2.43. The van der Waals surface area contributed by atoms with Crippen molar-refractivity contribution in [1.82, 2.24) is 19.7 Å². The van der Waals surface area contributed by atoms with Gasteiger partial charge in [0.25, 0.3) is 6.33 Å². The number of carbonyl (C=O) groups is 1. The zero-order valence-corrected chi connectivity index (χ0v) is 27.4. The summed E-state index contributed by atoms with van der Waals surface area (Å²) < 4.78 is 38.1. The summed E-state index contributed by atoms with van der Waals surface area (Å²) in [6.45, 7) is 9.26. The van der Waals surface area contributed by atoms with E-state index in [1.165, 1.54) is 28.7 Å². The van der Waals surface area contributed by atoms with E-state index in [1.807, 2.05) is 26.2 Å². The van der Waals surface area contributed by atoms with Crippen LogP contribution in [-0.2, 0) is 16.9 Å². The van der Waals surface area contributed by atoms with E-state index in [-0.39, 0.29) is 42.1 Å². The Bertz CT molecular complexity index is 1590. The third-order valence-corrected chi connectivity index (χ3v) is 8.23. The molecule has 43 heavy (non-hydrogen) atoms. The third-order valence-electron chi connectivity index (χ3n) is 7.21. The summed E-state index contributed by atoms with van der Waals surface area (Å²) >= 11 is 1.28. The highest BCUT2D eigenvalue weighted by atomic mass is 127. The number of thiazole rings is 1. The lowest BCUT2D eigenvalue weighted by Gasteiger charge is -2.32. The molecule has 0 radical (unpaired) electrons. The van der Waals surface area contributed by atoms with Crippen LogP contribution in [0.25, 0.3) is 11.3 Å². The molecular weight excluding hydrogens is 689 g/mol. The van der Waals surface area contributed by atoms with Crippen LogP contribution in [0.15, 0.2) is 60.5 Å².